The van der Waals surface area contributed by atoms with Crippen molar-refractivity contribution >= 4 is 0 Å². The van der Waals surface area contributed by atoms with Crippen LogP contribution in [0.2, 0.25) is 0 Å². The van der Waals surface area contributed by atoms with E-state index in [4.69, 9.17) is 9.47 Å². The molecule has 162 valence electrons. The highest BCUT2D eigenvalue weighted by molar-refractivity contribution is 5.33. The molecule has 1 heterocycles. The molecule has 0 aromatic heterocycles. The second-order valence-electron chi connectivity index (χ2n) is 7.37. The minimum atomic E-state index is -1.07. The summed E-state index contributed by atoms with van der Waals surface area (Å²) >= 11 is 0. The second kappa shape index (κ2) is 10.1. The molecule has 1 aliphatic heterocycles. The van der Waals surface area contributed by atoms with E-state index in [2.05, 4.69) is 6.92 Å². The van der Waals surface area contributed by atoms with Crippen molar-refractivity contribution in [3.8, 4) is 5.75 Å². The van der Waals surface area contributed by atoms with E-state index in [0.29, 0.717) is 13.0 Å². The maximum Gasteiger partial charge on any atom is 0.200 e. The van der Waals surface area contributed by atoms with Crippen LogP contribution in [0.1, 0.15) is 55.9 Å². The first kappa shape index (κ1) is 22.3. The number of halogens is 4. The molecule has 6 heteroatoms. The van der Waals surface area contributed by atoms with Gasteiger partial charge in [0.05, 0.1) is 19.3 Å². The topological polar surface area (TPSA) is 18.5 Å². The van der Waals surface area contributed by atoms with E-state index in [1.165, 1.54) is 29.8 Å². The quantitative estimate of drug-likeness (QED) is 0.352. The minimum absolute atomic E-state index is 0.0356. The summed E-state index contributed by atoms with van der Waals surface area (Å²) in [5, 5.41) is 0. The van der Waals surface area contributed by atoms with Gasteiger partial charge in [-0.25, -0.2) is 13.2 Å². The van der Waals surface area contributed by atoms with Gasteiger partial charge in [0, 0.05) is 5.56 Å². The van der Waals surface area contributed by atoms with E-state index in [1.807, 2.05) is 6.08 Å². The highest BCUT2D eigenvalue weighted by Gasteiger charge is 2.23. The fourth-order valence-electron chi connectivity index (χ4n) is 3.67. The first-order valence-electron chi connectivity index (χ1n) is 10.3. The number of aryl methyl sites for hydroxylation is 2. The number of benzene rings is 2. The molecule has 0 fully saturated rings. The lowest BCUT2D eigenvalue weighted by Gasteiger charge is -2.24. The summed E-state index contributed by atoms with van der Waals surface area (Å²) in [6, 6.07) is 5.76. The van der Waals surface area contributed by atoms with Crippen molar-refractivity contribution in [2.45, 2.75) is 52.1 Å². The molecule has 0 bridgehead atoms. The molecule has 0 saturated heterocycles. The van der Waals surface area contributed by atoms with Gasteiger partial charge in [0.2, 0.25) is 5.82 Å². The van der Waals surface area contributed by atoms with Gasteiger partial charge in [0.15, 0.2) is 23.2 Å². The lowest BCUT2D eigenvalue weighted by Crippen LogP contribution is -2.14. The van der Waals surface area contributed by atoms with Gasteiger partial charge in [-0.05, 0) is 55.4 Å². The van der Waals surface area contributed by atoms with Crippen molar-refractivity contribution in [3.63, 3.8) is 0 Å². The Kier molecular flexibility index (Phi) is 7.53. The van der Waals surface area contributed by atoms with Crippen molar-refractivity contribution in [1.82, 2.24) is 0 Å². The molecule has 1 atom stereocenters. The predicted molar refractivity (Wildman–Crippen MR) is 108 cm³/mol. The second-order valence-corrected chi connectivity index (χ2v) is 7.37. The van der Waals surface area contributed by atoms with Crippen LogP contribution in [0.5, 0.6) is 5.75 Å². The molecule has 2 nitrogen and oxygen atoms in total. The number of rotatable bonds is 8. The fourth-order valence-corrected chi connectivity index (χ4v) is 3.67. The molecule has 2 aromatic carbocycles. The summed E-state index contributed by atoms with van der Waals surface area (Å²) < 4.78 is 68.3. The molecule has 0 N–H and O–H groups in total. The maximum absolute atomic E-state index is 14.7. The third-order valence-electron chi connectivity index (χ3n) is 5.29. The minimum Gasteiger partial charge on any atom is -0.491 e. The van der Waals surface area contributed by atoms with Crippen LogP contribution in [0, 0.1) is 23.3 Å². The Balaban J connectivity index is 1.72. The molecule has 0 saturated carbocycles. The summed E-state index contributed by atoms with van der Waals surface area (Å²) in [4.78, 5) is 0. The zero-order valence-electron chi connectivity index (χ0n) is 17.2. The Labute approximate surface area is 174 Å². The van der Waals surface area contributed by atoms with Gasteiger partial charge < -0.3 is 9.47 Å². The van der Waals surface area contributed by atoms with E-state index in [9.17, 15) is 17.6 Å². The van der Waals surface area contributed by atoms with Crippen molar-refractivity contribution < 1.29 is 27.0 Å². The van der Waals surface area contributed by atoms with Crippen LogP contribution in [0.3, 0.4) is 0 Å². The van der Waals surface area contributed by atoms with Crippen molar-refractivity contribution in [3.05, 3.63) is 75.9 Å². The third-order valence-corrected chi connectivity index (χ3v) is 5.29. The average Bonchev–Trinajstić information content (AvgIpc) is 2.75. The Morgan fingerprint density at radius 3 is 2.13 bits per heavy atom. The lowest BCUT2D eigenvalue weighted by molar-refractivity contribution is 0.0568. The highest BCUT2D eigenvalue weighted by Crippen LogP contribution is 2.32. The van der Waals surface area contributed by atoms with Crippen LogP contribution in [-0.2, 0) is 17.6 Å². The summed E-state index contributed by atoms with van der Waals surface area (Å²) in [5.74, 6) is -4.16. The summed E-state index contributed by atoms with van der Waals surface area (Å²) in [6.45, 7) is 4.39. The predicted octanol–water partition coefficient (Wildman–Crippen LogP) is 6.61. The zero-order valence-corrected chi connectivity index (χ0v) is 17.2. The van der Waals surface area contributed by atoms with Crippen molar-refractivity contribution in [2.24, 2.45) is 0 Å². The molecule has 0 amide bonds. The first-order chi connectivity index (χ1) is 14.5. The molecule has 30 heavy (non-hydrogen) atoms. The van der Waals surface area contributed by atoms with Gasteiger partial charge in [-0.3, -0.25) is 0 Å². The fraction of sp³-hybridized carbons (Fsp3) is 0.417. The number of hydrogen-bond acceptors (Lipinski definition) is 2. The van der Waals surface area contributed by atoms with Crippen molar-refractivity contribution in [2.75, 3.05) is 13.2 Å². The SMILES string of the molecule is CCCC1=CCC(c2ccc(CCc3ccc(OCC)c(F)c3F)c(F)c2F)OC1. The number of hydrogen-bond donors (Lipinski definition) is 0. The van der Waals surface area contributed by atoms with Gasteiger partial charge in [-0.15, -0.1) is 0 Å². The lowest BCUT2D eigenvalue weighted by atomic mass is 9.96. The standard InChI is InChI=1S/C24H26F4O2/c1-3-5-15-6-12-19(30-14-15)18-11-9-16(21(25)23(18)27)7-8-17-10-13-20(29-4-2)24(28)22(17)26/h6,9-11,13,19H,3-5,7-8,12,14H2,1-2H3. The summed E-state index contributed by atoms with van der Waals surface area (Å²) in [7, 11) is 0. The normalized spacial score (nSPS) is 16.5. The Bertz CT molecular complexity index is 924. The number of ether oxygens (including phenoxy) is 2. The van der Waals surface area contributed by atoms with E-state index in [-0.39, 0.29) is 41.9 Å². The van der Waals surface area contributed by atoms with E-state index >= 15 is 0 Å². The molecular weight excluding hydrogens is 396 g/mol. The summed E-state index contributed by atoms with van der Waals surface area (Å²) in [5.41, 5.74) is 1.56. The zero-order chi connectivity index (χ0) is 21.7. The van der Waals surface area contributed by atoms with E-state index in [0.717, 1.165) is 12.8 Å². The molecular formula is C24H26F4O2. The van der Waals surface area contributed by atoms with Crippen LogP contribution in [0.15, 0.2) is 35.9 Å². The third kappa shape index (κ3) is 4.86. The van der Waals surface area contributed by atoms with Gasteiger partial charge in [-0.2, -0.15) is 4.39 Å². The Hall–Kier alpha value is -2.34. The first-order valence-corrected chi connectivity index (χ1v) is 10.3. The molecule has 0 aliphatic carbocycles. The molecule has 1 aliphatic rings. The van der Waals surface area contributed by atoms with Crippen LogP contribution in [0.25, 0.3) is 0 Å². The van der Waals surface area contributed by atoms with Crippen LogP contribution in [-0.4, -0.2) is 13.2 Å². The van der Waals surface area contributed by atoms with E-state index in [1.54, 1.807) is 6.92 Å². The van der Waals surface area contributed by atoms with Gasteiger partial charge in [0.1, 0.15) is 0 Å². The van der Waals surface area contributed by atoms with Crippen LogP contribution >= 0.6 is 0 Å². The van der Waals surface area contributed by atoms with Gasteiger partial charge in [0.25, 0.3) is 0 Å². The molecule has 3 rings (SSSR count). The van der Waals surface area contributed by atoms with Crippen molar-refractivity contribution in [1.29, 1.82) is 0 Å². The van der Waals surface area contributed by atoms with Crippen LogP contribution in [0.4, 0.5) is 17.6 Å². The van der Waals surface area contributed by atoms with Crippen LogP contribution < -0.4 is 4.74 Å². The Morgan fingerprint density at radius 2 is 1.53 bits per heavy atom. The Morgan fingerprint density at radius 1 is 0.867 bits per heavy atom. The van der Waals surface area contributed by atoms with E-state index < -0.39 is 29.4 Å². The molecule has 2 aromatic rings. The van der Waals surface area contributed by atoms with Gasteiger partial charge in [-0.1, -0.05) is 37.6 Å². The van der Waals surface area contributed by atoms with Gasteiger partial charge >= 0.3 is 0 Å². The molecule has 1 unspecified atom stereocenters. The molecule has 0 spiro atoms. The largest absolute Gasteiger partial charge is 0.491 e. The summed E-state index contributed by atoms with van der Waals surface area (Å²) in [6.07, 6.45) is 4.04. The molecule has 0 radical (unpaired) electrons. The average molecular weight is 422 g/mol. The monoisotopic (exact) mass is 422 g/mol. The highest BCUT2D eigenvalue weighted by atomic mass is 19.2. The smallest absolute Gasteiger partial charge is 0.200 e. The maximum atomic E-state index is 14.7.